The van der Waals surface area contributed by atoms with E-state index in [4.69, 9.17) is 0 Å². The highest BCUT2D eigenvalue weighted by atomic mass is 79.9. The highest BCUT2D eigenvalue weighted by Gasteiger charge is 2.28. The number of halogens is 1. The number of nitrogens with zero attached hydrogens (tertiary/aromatic N) is 2. The zero-order valence-corrected chi connectivity index (χ0v) is 13.1. The van der Waals surface area contributed by atoms with Crippen LogP contribution in [0, 0.1) is 0 Å². The van der Waals surface area contributed by atoms with Crippen LogP contribution in [-0.4, -0.2) is 21.2 Å². The summed E-state index contributed by atoms with van der Waals surface area (Å²) >= 11 is 4.65. The lowest BCUT2D eigenvalue weighted by molar-refractivity contribution is 0.1000. The van der Waals surface area contributed by atoms with Crippen molar-refractivity contribution in [3.05, 3.63) is 33.5 Å². The van der Waals surface area contributed by atoms with E-state index in [0.717, 1.165) is 17.3 Å². The van der Waals surface area contributed by atoms with Gasteiger partial charge in [0.1, 0.15) is 11.4 Å². The number of carbonyl (C=O) groups excluding carboxylic acids is 2. The van der Waals surface area contributed by atoms with Crippen molar-refractivity contribution in [2.45, 2.75) is 25.8 Å². The number of carbonyl (C=O) groups is 2. The van der Waals surface area contributed by atoms with E-state index in [0.29, 0.717) is 22.6 Å². The first kappa shape index (κ1) is 13.5. The molecule has 0 unspecified atom stereocenters. The maximum absolute atomic E-state index is 12.3. The lowest BCUT2D eigenvalue weighted by atomic mass is 10.4. The summed E-state index contributed by atoms with van der Waals surface area (Å²) in [5.41, 5.74) is 0.989. The number of thiazole rings is 1. The molecule has 2 aromatic heterocycles. The van der Waals surface area contributed by atoms with Crippen LogP contribution in [0.5, 0.6) is 0 Å². The largest absolute Gasteiger partial charge is 0.339 e. The fourth-order valence-corrected chi connectivity index (χ4v) is 3.12. The Labute approximate surface area is 128 Å². The summed E-state index contributed by atoms with van der Waals surface area (Å²) < 4.78 is 2.87. The number of aromatic nitrogens is 2. The molecule has 3 rings (SSSR count). The predicted octanol–water partition coefficient (Wildman–Crippen LogP) is 3.50. The minimum Gasteiger partial charge on any atom is -0.339 e. The molecule has 0 aliphatic heterocycles. The Hall–Kier alpha value is -1.47. The summed E-state index contributed by atoms with van der Waals surface area (Å²) in [5.74, 6) is -0.307. The third-order valence-corrected chi connectivity index (χ3v) is 4.26. The standard InChI is InChI=1S/C13H12BrN3O2S/c1-7(18)10-6-20-13(15-10)16-12(19)11-4-8(14)5-17(11)9-2-3-9/h4-6,9H,2-3H2,1H3,(H,15,16,19). The number of anilines is 1. The maximum Gasteiger partial charge on any atom is 0.274 e. The van der Waals surface area contributed by atoms with Crippen molar-refractivity contribution in [1.82, 2.24) is 9.55 Å². The van der Waals surface area contributed by atoms with Crippen LogP contribution in [0.2, 0.25) is 0 Å². The van der Waals surface area contributed by atoms with Gasteiger partial charge in [0, 0.05) is 29.0 Å². The van der Waals surface area contributed by atoms with Crippen LogP contribution in [-0.2, 0) is 0 Å². The maximum atomic E-state index is 12.3. The van der Waals surface area contributed by atoms with Gasteiger partial charge in [-0.25, -0.2) is 4.98 Å². The molecule has 0 aromatic carbocycles. The summed E-state index contributed by atoms with van der Waals surface area (Å²) in [6.45, 7) is 1.45. The van der Waals surface area contributed by atoms with Crippen LogP contribution < -0.4 is 5.32 Å². The van der Waals surface area contributed by atoms with Crippen LogP contribution in [0.25, 0.3) is 0 Å². The van der Waals surface area contributed by atoms with Crippen molar-refractivity contribution >= 4 is 44.1 Å². The SMILES string of the molecule is CC(=O)c1csc(NC(=O)c2cc(Br)cn2C2CC2)n1. The van der Waals surface area contributed by atoms with E-state index in [2.05, 4.69) is 26.2 Å². The summed E-state index contributed by atoms with van der Waals surface area (Å²) in [7, 11) is 0. The van der Waals surface area contributed by atoms with Gasteiger partial charge in [0.15, 0.2) is 10.9 Å². The second-order valence-corrected chi connectivity index (χ2v) is 6.50. The molecule has 0 spiro atoms. The van der Waals surface area contributed by atoms with E-state index < -0.39 is 0 Å². The van der Waals surface area contributed by atoms with Crippen molar-refractivity contribution in [1.29, 1.82) is 0 Å². The minimum absolute atomic E-state index is 0.106. The first-order chi connectivity index (χ1) is 9.54. The van der Waals surface area contributed by atoms with Crippen LogP contribution in [0.1, 0.15) is 46.8 Å². The van der Waals surface area contributed by atoms with E-state index in [1.807, 2.05) is 10.8 Å². The second-order valence-electron chi connectivity index (χ2n) is 4.73. The van der Waals surface area contributed by atoms with Gasteiger partial charge in [-0.1, -0.05) is 0 Å². The molecular weight excluding hydrogens is 342 g/mol. The minimum atomic E-state index is -0.202. The number of Topliss-reactive ketones (excluding diaryl/α,β-unsaturated/α-hetero) is 1. The van der Waals surface area contributed by atoms with Gasteiger partial charge in [-0.05, 0) is 34.8 Å². The lowest BCUT2D eigenvalue weighted by Crippen LogP contribution is -2.16. The number of rotatable bonds is 4. The molecule has 104 valence electrons. The van der Waals surface area contributed by atoms with Gasteiger partial charge in [-0.15, -0.1) is 11.3 Å². The molecule has 0 radical (unpaired) electrons. The molecule has 20 heavy (non-hydrogen) atoms. The molecule has 0 atom stereocenters. The monoisotopic (exact) mass is 353 g/mol. The lowest BCUT2D eigenvalue weighted by Gasteiger charge is -2.06. The quantitative estimate of drug-likeness (QED) is 0.855. The average molecular weight is 354 g/mol. The smallest absolute Gasteiger partial charge is 0.274 e. The first-order valence-electron chi connectivity index (χ1n) is 6.20. The summed E-state index contributed by atoms with van der Waals surface area (Å²) in [5, 5.41) is 4.84. The van der Waals surface area contributed by atoms with Crippen molar-refractivity contribution in [2.75, 3.05) is 5.32 Å². The second kappa shape index (κ2) is 5.14. The molecule has 0 bridgehead atoms. The topological polar surface area (TPSA) is 64.0 Å². The van der Waals surface area contributed by atoms with Crippen LogP contribution in [0.4, 0.5) is 5.13 Å². The predicted molar refractivity (Wildman–Crippen MR) is 80.5 cm³/mol. The molecule has 1 fully saturated rings. The number of hydrogen-bond acceptors (Lipinski definition) is 4. The number of hydrogen-bond donors (Lipinski definition) is 1. The molecule has 7 heteroatoms. The molecule has 2 heterocycles. The van der Waals surface area contributed by atoms with E-state index in [1.165, 1.54) is 18.3 Å². The third-order valence-electron chi connectivity index (χ3n) is 3.07. The molecular formula is C13H12BrN3O2S. The van der Waals surface area contributed by atoms with Crippen molar-refractivity contribution < 1.29 is 9.59 Å². The summed E-state index contributed by atoms with van der Waals surface area (Å²) in [6.07, 6.45) is 4.13. The van der Waals surface area contributed by atoms with E-state index in [1.54, 1.807) is 11.4 Å². The number of nitrogens with one attached hydrogen (secondary N) is 1. The molecule has 0 saturated heterocycles. The Morgan fingerprint density at radius 1 is 1.50 bits per heavy atom. The van der Waals surface area contributed by atoms with Gasteiger partial charge in [0.05, 0.1) is 0 Å². The van der Waals surface area contributed by atoms with Gasteiger partial charge in [0.25, 0.3) is 5.91 Å². The molecule has 2 aromatic rings. The third kappa shape index (κ3) is 2.69. The van der Waals surface area contributed by atoms with Crippen molar-refractivity contribution in [3.63, 3.8) is 0 Å². The van der Waals surface area contributed by atoms with Gasteiger partial charge < -0.3 is 4.57 Å². The Morgan fingerprint density at radius 3 is 2.85 bits per heavy atom. The van der Waals surface area contributed by atoms with Crippen LogP contribution in [0.15, 0.2) is 22.1 Å². The van der Waals surface area contributed by atoms with Crippen LogP contribution in [0.3, 0.4) is 0 Å². The molecule has 1 aliphatic rings. The van der Waals surface area contributed by atoms with Crippen molar-refractivity contribution in [3.8, 4) is 0 Å². The number of ketones is 1. The molecule has 1 saturated carbocycles. The molecule has 1 N–H and O–H groups in total. The number of amides is 1. The summed E-state index contributed by atoms with van der Waals surface area (Å²) in [6, 6.07) is 2.22. The van der Waals surface area contributed by atoms with Gasteiger partial charge in [-0.2, -0.15) is 0 Å². The van der Waals surface area contributed by atoms with E-state index in [9.17, 15) is 9.59 Å². The average Bonchev–Trinajstić information content (AvgIpc) is 3.00. The normalized spacial score (nSPS) is 14.3. The van der Waals surface area contributed by atoms with Crippen molar-refractivity contribution in [2.24, 2.45) is 0 Å². The van der Waals surface area contributed by atoms with Gasteiger partial charge in [0.2, 0.25) is 0 Å². The Balaban J connectivity index is 1.80. The van der Waals surface area contributed by atoms with E-state index >= 15 is 0 Å². The Bertz CT molecular complexity index is 688. The Morgan fingerprint density at radius 2 is 2.25 bits per heavy atom. The highest BCUT2D eigenvalue weighted by Crippen LogP contribution is 2.37. The summed E-state index contributed by atoms with van der Waals surface area (Å²) in [4.78, 5) is 27.6. The molecule has 5 nitrogen and oxygen atoms in total. The van der Waals surface area contributed by atoms with E-state index in [-0.39, 0.29) is 11.7 Å². The van der Waals surface area contributed by atoms with Gasteiger partial charge in [-0.3, -0.25) is 14.9 Å². The zero-order valence-electron chi connectivity index (χ0n) is 10.7. The fraction of sp³-hybridized carbons (Fsp3) is 0.308. The zero-order chi connectivity index (χ0) is 14.3. The molecule has 1 aliphatic carbocycles. The Kier molecular flexibility index (Phi) is 3.47. The fourth-order valence-electron chi connectivity index (χ4n) is 1.94. The van der Waals surface area contributed by atoms with Gasteiger partial charge >= 0.3 is 0 Å². The molecule has 1 amide bonds. The first-order valence-corrected chi connectivity index (χ1v) is 7.87. The van der Waals surface area contributed by atoms with Crippen LogP contribution >= 0.6 is 27.3 Å². The highest BCUT2D eigenvalue weighted by molar-refractivity contribution is 9.10.